The molecule has 1 aromatic heterocycles. The van der Waals surface area contributed by atoms with Gasteiger partial charge in [0.25, 0.3) is 5.91 Å². The molecule has 2 N–H and O–H groups in total. The van der Waals surface area contributed by atoms with Crippen molar-refractivity contribution in [3.8, 4) is 0 Å². The van der Waals surface area contributed by atoms with Crippen molar-refractivity contribution in [1.29, 1.82) is 0 Å². The number of amides is 1. The minimum Gasteiger partial charge on any atom is -0.384 e. The second-order valence-corrected chi connectivity index (χ2v) is 5.81. The Labute approximate surface area is 125 Å². The van der Waals surface area contributed by atoms with Gasteiger partial charge in [-0.25, -0.2) is 4.98 Å². The topological polar surface area (TPSA) is 59.2 Å². The van der Waals surface area contributed by atoms with Gasteiger partial charge in [0.2, 0.25) is 0 Å². The number of hydrogen-bond acceptors (Lipinski definition) is 3. The molecule has 0 spiro atoms. The van der Waals surface area contributed by atoms with Crippen LogP contribution in [0.3, 0.4) is 0 Å². The zero-order chi connectivity index (χ0) is 15.0. The number of nitrogens with two attached hydrogens (primary N) is 1. The van der Waals surface area contributed by atoms with E-state index < -0.39 is 0 Å². The van der Waals surface area contributed by atoms with Gasteiger partial charge in [-0.2, -0.15) is 0 Å². The van der Waals surface area contributed by atoms with Crippen LogP contribution in [0.25, 0.3) is 10.9 Å². The third-order valence-corrected chi connectivity index (χ3v) is 4.46. The average molecular weight is 283 g/mol. The van der Waals surface area contributed by atoms with E-state index in [-0.39, 0.29) is 11.9 Å². The predicted octanol–water partition coefficient (Wildman–Crippen LogP) is 3.22. The summed E-state index contributed by atoms with van der Waals surface area (Å²) in [4.78, 5) is 19.4. The Hall–Kier alpha value is -2.10. The first kappa shape index (κ1) is 13.9. The van der Waals surface area contributed by atoms with Crippen LogP contribution in [0.4, 0.5) is 5.82 Å². The summed E-state index contributed by atoms with van der Waals surface area (Å²) in [5, 5.41) is 0.880. The van der Waals surface area contributed by atoms with E-state index in [0.717, 1.165) is 30.2 Å². The molecule has 21 heavy (non-hydrogen) atoms. The minimum atomic E-state index is 0.0807. The number of anilines is 1. The van der Waals surface area contributed by atoms with Gasteiger partial charge in [-0.15, -0.1) is 0 Å². The molecule has 1 amide bonds. The predicted molar refractivity (Wildman–Crippen MR) is 85.1 cm³/mol. The molecule has 4 heteroatoms. The number of aromatic nitrogens is 1. The molecule has 2 unspecified atom stereocenters. The summed E-state index contributed by atoms with van der Waals surface area (Å²) < 4.78 is 0. The second kappa shape index (κ2) is 5.35. The van der Waals surface area contributed by atoms with Gasteiger partial charge in [0.15, 0.2) is 0 Å². The number of carbonyl (C=O) groups excluding carboxylic acids is 1. The fourth-order valence-corrected chi connectivity index (χ4v) is 3.35. The molecular weight excluding hydrogens is 262 g/mol. The van der Waals surface area contributed by atoms with Gasteiger partial charge < -0.3 is 10.6 Å². The second-order valence-electron chi connectivity index (χ2n) is 5.81. The van der Waals surface area contributed by atoms with Crippen molar-refractivity contribution < 1.29 is 4.79 Å². The van der Waals surface area contributed by atoms with Crippen LogP contribution in [0.2, 0.25) is 0 Å². The number of para-hydroxylation sites is 1. The van der Waals surface area contributed by atoms with Crippen LogP contribution in [0, 0.1) is 0 Å². The maximum Gasteiger partial charge on any atom is 0.255 e. The molecule has 0 bridgehead atoms. The molecule has 1 aromatic carbocycles. The number of hydrogen-bond donors (Lipinski definition) is 1. The molecule has 2 aromatic rings. The number of benzene rings is 1. The van der Waals surface area contributed by atoms with Gasteiger partial charge in [0, 0.05) is 17.5 Å². The first-order valence-electron chi connectivity index (χ1n) is 7.59. The van der Waals surface area contributed by atoms with Crippen molar-refractivity contribution in [1.82, 2.24) is 9.88 Å². The molecule has 1 saturated heterocycles. The van der Waals surface area contributed by atoms with Gasteiger partial charge in [0.1, 0.15) is 5.82 Å². The van der Waals surface area contributed by atoms with Crippen LogP contribution in [-0.2, 0) is 0 Å². The van der Waals surface area contributed by atoms with Crippen molar-refractivity contribution in [2.75, 3.05) is 5.73 Å². The van der Waals surface area contributed by atoms with Gasteiger partial charge in [-0.3, -0.25) is 4.79 Å². The lowest BCUT2D eigenvalue weighted by Crippen LogP contribution is -2.39. The number of carbonyl (C=O) groups is 1. The highest BCUT2D eigenvalue weighted by molar-refractivity contribution is 6.07. The molecule has 1 aliphatic rings. The Morgan fingerprint density at radius 1 is 1.38 bits per heavy atom. The van der Waals surface area contributed by atoms with Crippen molar-refractivity contribution in [2.45, 2.75) is 45.2 Å². The van der Waals surface area contributed by atoms with Crippen LogP contribution < -0.4 is 5.73 Å². The highest BCUT2D eigenvalue weighted by Gasteiger charge is 2.34. The van der Waals surface area contributed by atoms with Crippen molar-refractivity contribution >= 4 is 22.6 Å². The molecule has 2 heterocycles. The lowest BCUT2D eigenvalue weighted by atomic mass is 10.1. The van der Waals surface area contributed by atoms with Crippen LogP contribution in [-0.4, -0.2) is 27.9 Å². The van der Waals surface area contributed by atoms with E-state index in [1.807, 2.05) is 29.2 Å². The monoisotopic (exact) mass is 283 g/mol. The largest absolute Gasteiger partial charge is 0.384 e. The Morgan fingerprint density at radius 2 is 2.14 bits per heavy atom. The first-order valence-corrected chi connectivity index (χ1v) is 7.59. The highest BCUT2D eigenvalue weighted by atomic mass is 16.2. The number of nitrogen functional groups attached to an aromatic ring is 1. The quantitative estimate of drug-likeness (QED) is 0.920. The Morgan fingerprint density at radius 3 is 2.90 bits per heavy atom. The fourth-order valence-electron chi connectivity index (χ4n) is 3.35. The van der Waals surface area contributed by atoms with Crippen LogP contribution >= 0.6 is 0 Å². The summed E-state index contributed by atoms with van der Waals surface area (Å²) in [5.41, 5.74) is 7.33. The number of pyridine rings is 1. The van der Waals surface area contributed by atoms with E-state index >= 15 is 0 Å². The summed E-state index contributed by atoms with van der Waals surface area (Å²) >= 11 is 0. The molecule has 110 valence electrons. The third kappa shape index (κ3) is 2.35. The lowest BCUT2D eigenvalue weighted by Gasteiger charge is -2.28. The van der Waals surface area contributed by atoms with Crippen molar-refractivity contribution in [3.63, 3.8) is 0 Å². The Kier molecular flexibility index (Phi) is 3.53. The van der Waals surface area contributed by atoms with Crippen LogP contribution in [0.1, 0.15) is 43.5 Å². The van der Waals surface area contributed by atoms with Crippen LogP contribution in [0.5, 0.6) is 0 Å². The van der Waals surface area contributed by atoms with Gasteiger partial charge in [-0.1, -0.05) is 25.1 Å². The summed E-state index contributed by atoms with van der Waals surface area (Å²) in [6, 6.07) is 10.0. The molecule has 4 nitrogen and oxygen atoms in total. The lowest BCUT2D eigenvalue weighted by molar-refractivity contribution is 0.0678. The Bertz CT molecular complexity index is 683. The summed E-state index contributed by atoms with van der Waals surface area (Å²) in [7, 11) is 0. The summed E-state index contributed by atoms with van der Waals surface area (Å²) in [6.45, 7) is 4.27. The molecule has 2 atom stereocenters. The molecule has 0 aliphatic carbocycles. The normalized spacial score (nSPS) is 21.9. The number of fused-ring (bicyclic) bond motifs is 1. The Balaban J connectivity index is 2.09. The van der Waals surface area contributed by atoms with Gasteiger partial charge >= 0.3 is 0 Å². The van der Waals surface area contributed by atoms with E-state index in [4.69, 9.17) is 5.73 Å². The van der Waals surface area contributed by atoms with E-state index in [9.17, 15) is 4.79 Å². The maximum absolute atomic E-state index is 13.0. The molecule has 3 rings (SSSR count). The van der Waals surface area contributed by atoms with E-state index in [1.165, 1.54) is 0 Å². The molecule has 1 fully saturated rings. The van der Waals surface area contributed by atoms with E-state index in [2.05, 4.69) is 18.8 Å². The SMILES string of the molecule is CCC1CCC(C)N1C(=O)c1cc(N)nc2ccccc12. The van der Waals surface area contributed by atoms with Crippen molar-refractivity contribution in [2.24, 2.45) is 0 Å². The number of likely N-dealkylation sites (tertiary alicyclic amines) is 1. The maximum atomic E-state index is 13.0. The molecule has 0 saturated carbocycles. The van der Waals surface area contributed by atoms with E-state index in [1.54, 1.807) is 6.07 Å². The standard InChI is InChI=1S/C17H21N3O/c1-3-12-9-8-11(2)20(12)17(21)14-10-16(18)19-15-7-5-4-6-13(14)15/h4-7,10-12H,3,8-9H2,1-2H3,(H2,18,19). The molecule has 0 radical (unpaired) electrons. The van der Waals surface area contributed by atoms with Gasteiger partial charge in [-0.05, 0) is 38.3 Å². The highest BCUT2D eigenvalue weighted by Crippen LogP contribution is 2.30. The van der Waals surface area contributed by atoms with Crippen LogP contribution in [0.15, 0.2) is 30.3 Å². The van der Waals surface area contributed by atoms with E-state index in [0.29, 0.717) is 17.4 Å². The minimum absolute atomic E-state index is 0.0807. The fraction of sp³-hybridized carbons (Fsp3) is 0.412. The third-order valence-electron chi connectivity index (χ3n) is 4.46. The summed E-state index contributed by atoms with van der Waals surface area (Å²) in [5.74, 6) is 0.481. The van der Waals surface area contributed by atoms with Gasteiger partial charge in [0.05, 0.1) is 11.1 Å². The number of rotatable bonds is 2. The first-order chi connectivity index (χ1) is 10.1. The zero-order valence-electron chi connectivity index (χ0n) is 12.5. The zero-order valence-corrected chi connectivity index (χ0v) is 12.5. The smallest absolute Gasteiger partial charge is 0.255 e. The molecule has 1 aliphatic heterocycles. The summed E-state index contributed by atoms with van der Waals surface area (Å²) in [6.07, 6.45) is 3.15. The average Bonchev–Trinajstić information content (AvgIpc) is 2.86. The molecular formula is C17H21N3O. The van der Waals surface area contributed by atoms with Crippen molar-refractivity contribution in [3.05, 3.63) is 35.9 Å². The number of nitrogens with zero attached hydrogens (tertiary/aromatic N) is 2.